The molecule has 7 nitrogen and oxygen atoms in total. The van der Waals surface area contributed by atoms with Crippen molar-refractivity contribution >= 4 is 29.1 Å². The molecule has 0 spiro atoms. The fourth-order valence-electron chi connectivity index (χ4n) is 2.83. The Labute approximate surface area is 157 Å². The quantitative estimate of drug-likeness (QED) is 0.805. The minimum absolute atomic E-state index is 0.361. The molecule has 0 saturated carbocycles. The van der Waals surface area contributed by atoms with E-state index in [0.29, 0.717) is 28.9 Å². The number of nitrogens with one attached hydrogen (secondary N) is 2. The van der Waals surface area contributed by atoms with Crippen molar-refractivity contribution in [2.45, 2.75) is 19.3 Å². The van der Waals surface area contributed by atoms with Gasteiger partial charge in [-0.25, -0.2) is 9.78 Å². The van der Waals surface area contributed by atoms with Gasteiger partial charge in [0, 0.05) is 24.0 Å². The van der Waals surface area contributed by atoms with Crippen LogP contribution in [0.2, 0.25) is 5.02 Å². The van der Waals surface area contributed by atoms with Crippen LogP contribution in [-0.2, 0) is 0 Å². The van der Waals surface area contributed by atoms with Crippen LogP contribution < -0.4 is 15.4 Å². The maximum absolute atomic E-state index is 12.2. The molecule has 1 aromatic heterocycles. The molecule has 1 aromatic carbocycles. The molecule has 2 heterocycles. The lowest BCUT2D eigenvalue weighted by Crippen LogP contribution is -2.33. The zero-order chi connectivity index (χ0) is 18.2. The fourth-order valence-corrected chi connectivity index (χ4v) is 3.00. The average molecular weight is 376 g/mol. The molecule has 138 valence electrons. The van der Waals surface area contributed by atoms with Gasteiger partial charge in [0.1, 0.15) is 12.4 Å². The maximum Gasteiger partial charge on any atom is 0.325 e. The van der Waals surface area contributed by atoms with E-state index in [4.69, 9.17) is 16.3 Å². The van der Waals surface area contributed by atoms with E-state index >= 15 is 0 Å². The first kappa shape index (κ1) is 18.4. The molecule has 2 N–H and O–H groups in total. The second kappa shape index (κ2) is 9.35. The van der Waals surface area contributed by atoms with Crippen molar-refractivity contribution in [3.63, 3.8) is 0 Å². The standard InChI is InChI=1S/C18H22ClN5O2/c19-14-4-5-16(26-11-10-24-8-2-1-3-9-24)15(12-14)22-18(25)23-17-13-20-6-7-21-17/h4-7,12-13H,1-3,8-11H2,(H2,21,22,23,25). The summed E-state index contributed by atoms with van der Waals surface area (Å²) in [5, 5.41) is 5.88. The number of halogens is 1. The predicted octanol–water partition coefficient (Wildman–Crippen LogP) is 3.64. The van der Waals surface area contributed by atoms with E-state index in [2.05, 4.69) is 25.5 Å². The number of benzene rings is 1. The van der Waals surface area contributed by atoms with Crippen molar-refractivity contribution in [3.05, 3.63) is 41.8 Å². The highest BCUT2D eigenvalue weighted by Gasteiger charge is 2.12. The number of piperidine rings is 1. The van der Waals surface area contributed by atoms with E-state index < -0.39 is 6.03 Å². The Morgan fingerprint density at radius 1 is 1.19 bits per heavy atom. The fraction of sp³-hybridized carbons (Fsp3) is 0.389. The minimum Gasteiger partial charge on any atom is -0.490 e. The molecule has 0 aliphatic carbocycles. The molecule has 0 atom stereocenters. The number of likely N-dealkylation sites (tertiary alicyclic amines) is 1. The molecule has 2 aromatic rings. The molecule has 26 heavy (non-hydrogen) atoms. The lowest BCUT2D eigenvalue weighted by Gasteiger charge is -2.26. The van der Waals surface area contributed by atoms with Crippen LogP contribution in [-0.4, -0.2) is 47.1 Å². The first-order valence-corrected chi connectivity index (χ1v) is 9.07. The van der Waals surface area contributed by atoms with Gasteiger partial charge in [-0.3, -0.25) is 15.2 Å². The Balaban J connectivity index is 1.57. The van der Waals surface area contributed by atoms with Crippen LogP contribution >= 0.6 is 11.6 Å². The zero-order valence-electron chi connectivity index (χ0n) is 14.4. The van der Waals surface area contributed by atoms with Gasteiger partial charge in [-0.2, -0.15) is 0 Å². The third-order valence-electron chi connectivity index (χ3n) is 4.11. The van der Waals surface area contributed by atoms with Crippen LogP contribution in [0.1, 0.15) is 19.3 Å². The highest BCUT2D eigenvalue weighted by atomic mass is 35.5. The van der Waals surface area contributed by atoms with E-state index in [0.717, 1.165) is 19.6 Å². The molecular weight excluding hydrogens is 354 g/mol. The molecule has 1 aliphatic heterocycles. The highest BCUT2D eigenvalue weighted by molar-refractivity contribution is 6.31. The number of rotatable bonds is 6. The van der Waals surface area contributed by atoms with Crippen molar-refractivity contribution in [2.24, 2.45) is 0 Å². The monoisotopic (exact) mass is 375 g/mol. The van der Waals surface area contributed by atoms with Gasteiger partial charge in [0.25, 0.3) is 0 Å². The van der Waals surface area contributed by atoms with Crippen molar-refractivity contribution in [2.75, 3.05) is 36.9 Å². The third-order valence-corrected chi connectivity index (χ3v) is 4.34. The summed E-state index contributed by atoms with van der Waals surface area (Å²) in [7, 11) is 0. The van der Waals surface area contributed by atoms with Crippen LogP contribution in [0.15, 0.2) is 36.8 Å². The van der Waals surface area contributed by atoms with Crippen LogP contribution in [0.3, 0.4) is 0 Å². The van der Waals surface area contributed by atoms with E-state index in [1.807, 2.05) is 0 Å². The smallest absolute Gasteiger partial charge is 0.325 e. The van der Waals surface area contributed by atoms with E-state index in [1.165, 1.54) is 37.9 Å². The summed E-state index contributed by atoms with van der Waals surface area (Å²) >= 11 is 6.06. The van der Waals surface area contributed by atoms with Gasteiger partial charge in [-0.05, 0) is 44.1 Å². The maximum atomic E-state index is 12.2. The Morgan fingerprint density at radius 3 is 2.81 bits per heavy atom. The average Bonchev–Trinajstić information content (AvgIpc) is 2.65. The molecular formula is C18H22ClN5O2. The zero-order valence-corrected chi connectivity index (χ0v) is 15.2. The summed E-state index contributed by atoms with van der Waals surface area (Å²) in [6.45, 7) is 3.67. The van der Waals surface area contributed by atoms with Gasteiger partial charge < -0.3 is 10.1 Å². The van der Waals surface area contributed by atoms with E-state index in [9.17, 15) is 4.79 Å². The second-order valence-corrected chi connectivity index (χ2v) is 6.50. The third kappa shape index (κ3) is 5.57. The highest BCUT2D eigenvalue weighted by Crippen LogP contribution is 2.28. The lowest BCUT2D eigenvalue weighted by molar-refractivity contribution is 0.184. The van der Waals surface area contributed by atoms with Crippen molar-refractivity contribution in [3.8, 4) is 5.75 Å². The predicted molar refractivity (Wildman–Crippen MR) is 102 cm³/mol. The van der Waals surface area contributed by atoms with Gasteiger partial charge in [-0.1, -0.05) is 18.0 Å². The first-order chi connectivity index (χ1) is 12.7. The van der Waals surface area contributed by atoms with Crippen LogP contribution in [0.5, 0.6) is 5.75 Å². The van der Waals surface area contributed by atoms with Crippen LogP contribution in [0.4, 0.5) is 16.3 Å². The first-order valence-electron chi connectivity index (χ1n) is 8.69. The number of urea groups is 1. The number of anilines is 2. The number of carbonyl (C=O) groups is 1. The molecule has 1 fully saturated rings. The molecule has 1 aliphatic rings. The van der Waals surface area contributed by atoms with E-state index in [1.54, 1.807) is 18.2 Å². The van der Waals surface area contributed by atoms with Gasteiger partial charge >= 0.3 is 6.03 Å². The molecule has 8 heteroatoms. The number of amides is 2. The molecule has 0 unspecified atom stereocenters. The summed E-state index contributed by atoms with van der Waals surface area (Å²) in [6.07, 6.45) is 8.31. The number of carbonyl (C=O) groups excluding carboxylic acids is 1. The summed E-state index contributed by atoms with van der Waals surface area (Å²) in [5.74, 6) is 0.945. The number of hydrogen-bond acceptors (Lipinski definition) is 5. The SMILES string of the molecule is O=C(Nc1cnccn1)Nc1cc(Cl)ccc1OCCN1CCCCC1. The van der Waals surface area contributed by atoms with Gasteiger partial charge in [0.2, 0.25) is 0 Å². The Hall–Kier alpha value is -2.38. The largest absolute Gasteiger partial charge is 0.490 e. The number of aromatic nitrogens is 2. The molecule has 3 rings (SSSR count). The summed E-state index contributed by atoms with van der Waals surface area (Å²) in [4.78, 5) is 22.5. The normalized spacial score (nSPS) is 14.7. The summed E-state index contributed by atoms with van der Waals surface area (Å²) in [6, 6.07) is 4.72. The lowest BCUT2D eigenvalue weighted by atomic mass is 10.1. The minimum atomic E-state index is -0.436. The Morgan fingerprint density at radius 2 is 2.04 bits per heavy atom. The Kier molecular flexibility index (Phi) is 6.62. The number of hydrogen-bond donors (Lipinski definition) is 2. The summed E-state index contributed by atoms with van der Waals surface area (Å²) in [5.41, 5.74) is 0.512. The molecule has 2 amide bonds. The van der Waals surface area contributed by atoms with Gasteiger partial charge in [0.05, 0.1) is 11.9 Å². The molecule has 0 bridgehead atoms. The van der Waals surface area contributed by atoms with Crippen molar-refractivity contribution < 1.29 is 9.53 Å². The summed E-state index contributed by atoms with van der Waals surface area (Å²) < 4.78 is 5.88. The second-order valence-electron chi connectivity index (χ2n) is 6.06. The van der Waals surface area contributed by atoms with Crippen molar-refractivity contribution in [1.82, 2.24) is 14.9 Å². The van der Waals surface area contributed by atoms with Crippen LogP contribution in [0.25, 0.3) is 0 Å². The van der Waals surface area contributed by atoms with Crippen molar-refractivity contribution in [1.29, 1.82) is 0 Å². The van der Waals surface area contributed by atoms with Crippen LogP contribution in [0, 0.1) is 0 Å². The molecule has 1 saturated heterocycles. The van der Waals surface area contributed by atoms with Gasteiger partial charge in [0.15, 0.2) is 5.82 Å². The number of ether oxygens (including phenoxy) is 1. The molecule has 0 radical (unpaired) electrons. The Bertz CT molecular complexity index is 723. The number of nitrogens with zero attached hydrogens (tertiary/aromatic N) is 3. The van der Waals surface area contributed by atoms with Gasteiger partial charge in [-0.15, -0.1) is 0 Å². The topological polar surface area (TPSA) is 79.4 Å². The van der Waals surface area contributed by atoms with E-state index in [-0.39, 0.29) is 0 Å².